The van der Waals surface area contributed by atoms with E-state index in [-0.39, 0.29) is 41.8 Å². The molecular formula is C23H22N2O5. The highest BCUT2D eigenvalue weighted by Gasteiger charge is 2.36. The molecule has 2 aromatic rings. The zero-order valence-electron chi connectivity index (χ0n) is 16.6. The first-order valence-corrected chi connectivity index (χ1v) is 9.94. The highest BCUT2D eigenvalue weighted by atomic mass is 16.5. The molecule has 2 aromatic carbocycles. The number of hydrogen-bond donors (Lipinski definition) is 1. The SMILES string of the molecule is C[C@H](NC(=O)COC(=O)c1ccc2c(c1)C(=O)N(Cc1ccccc1)C2=O)C1CC1. The number of amides is 3. The molecule has 1 heterocycles. The molecule has 0 bridgehead atoms. The van der Waals surface area contributed by atoms with Crippen molar-refractivity contribution in [3.05, 3.63) is 70.8 Å². The normalized spacial score (nSPS) is 16.2. The monoisotopic (exact) mass is 406 g/mol. The molecule has 1 fully saturated rings. The van der Waals surface area contributed by atoms with E-state index in [9.17, 15) is 19.2 Å². The third-order valence-electron chi connectivity index (χ3n) is 5.44. The minimum atomic E-state index is -0.714. The number of benzene rings is 2. The minimum Gasteiger partial charge on any atom is -0.452 e. The maximum absolute atomic E-state index is 12.7. The summed E-state index contributed by atoms with van der Waals surface area (Å²) in [5.74, 6) is -1.42. The largest absolute Gasteiger partial charge is 0.452 e. The average Bonchev–Trinajstić information content (AvgIpc) is 3.58. The van der Waals surface area contributed by atoms with Crippen LogP contribution in [0.1, 0.15) is 56.4 Å². The summed E-state index contributed by atoms with van der Waals surface area (Å²) in [6, 6.07) is 13.5. The number of carbonyl (C=O) groups excluding carboxylic acids is 4. The number of ether oxygens (including phenoxy) is 1. The van der Waals surface area contributed by atoms with Gasteiger partial charge in [-0.05, 0) is 49.4 Å². The van der Waals surface area contributed by atoms with Crippen molar-refractivity contribution in [3.8, 4) is 0 Å². The van der Waals surface area contributed by atoms with Gasteiger partial charge in [0.15, 0.2) is 6.61 Å². The molecule has 7 heteroatoms. The van der Waals surface area contributed by atoms with Crippen molar-refractivity contribution in [3.63, 3.8) is 0 Å². The summed E-state index contributed by atoms with van der Waals surface area (Å²) in [4.78, 5) is 50.7. The topological polar surface area (TPSA) is 92.8 Å². The fraction of sp³-hybridized carbons (Fsp3) is 0.304. The fourth-order valence-electron chi connectivity index (χ4n) is 3.55. The molecular weight excluding hydrogens is 384 g/mol. The Balaban J connectivity index is 1.40. The van der Waals surface area contributed by atoms with Gasteiger partial charge in [-0.2, -0.15) is 0 Å². The second kappa shape index (κ2) is 8.10. The molecule has 0 radical (unpaired) electrons. The van der Waals surface area contributed by atoms with Gasteiger partial charge in [0, 0.05) is 6.04 Å². The van der Waals surface area contributed by atoms with E-state index in [1.165, 1.54) is 18.2 Å². The van der Waals surface area contributed by atoms with Crippen LogP contribution in [-0.2, 0) is 16.1 Å². The molecule has 4 rings (SSSR count). The van der Waals surface area contributed by atoms with Crippen molar-refractivity contribution in [1.29, 1.82) is 0 Å². The van der Waals surface area contributed by atoms with Crippen LogP contribution >= 0.6 is 0 Å². The smallest absolute Gasteiger partial charge is 0.338 e. The summed E-state index contributed by atoms with van der Waals surface area (Å²) in [6.07, 6.45) is 2.20. The first kappa shape index (κ1) is 19.8. The molecule has 1 aliphatic carbocycles. The molecule has 0 unspecified atom stereocenters. The Morgan fingerprint density at radius 1 is 1.07 bits per heavy atom. The van der Waals surface area contributed by atoms with Gasteiger partial charge in [-0.25, -0.2) is 4.79 Å². The van der Waals surface area contributed by atoms with Gasteiger partial charge in [0.05, 0.1) is 23.2 Å². The highest BCUT2D eigenvalue weighted by Crippen LogP contribution is 2.32. The average molecular weight is 406 g/mol. The van der Waals surface area contributed by atoms with E-state index >= 15 is 0 Å². The van der Waals surface area contributed by atoms with Crippen LogP contribution in [0.5, 0.6) is 0 Å². The van der Waals surface area contributed by atoms with Crippen molar-refractivity contribution >= 4 is 23.7 Å². The van der Waals surface area contributed by atoms with Crippen molar-refractivity contribution < 1.29 is 23.9 Å². The lowest BCUT2D eigenvalue weighted by Gasteiger charge is -2.13. The maximum atomic E-state index is 12.7. The second-order valence-electron chi connectivity index (χ2n) is 7.71. The van der Waals surface area contributed by atoms with E-state index in [0.717, 1.165) is 23.3 Å². The highest BCUT2D eigenvalue weighted by molar-refractivity contribution is 6.21. The van der Waals surface area contributed by atoms with Gasteiger partial charge in [0.25, 0.3) is 17.7 Å². The minimum absolute atomic E-state index is 0.0652. The maximum Gasteiger partial charge on any atom is 0.338 e. The lowest BCUT2D eigenvalue weighted by molar-refractivity contribution is -0.125. The Hall–Kier alpha value is -3.48. The molecule has 1 aliphatic heterocycles. The van der Waals surface area contributed by atoms with E-state index < -0.39 is 17.8 Å². The molecule has 3 amide bonds. The van der Waals surface area contributed by atoms with Gasteiger partial charge < -0.3 is 10.1 Å². The Kier molecular flexibility index (Phi) is 5.35. The molecule has 1 atom stereocenters. The second-order valence-corrected chi connectivity index (χ2v) is 7.71. The molecule has 2 aliphatic rings. The first-order valence-electron chi connectivity index (χ1n) is 9.94. The number of rotatable bonds is 7. The molecule has 0 aromatic heterocycles. The summed E-state index contributed by atoms with van der Waals surface area (Å²) < 4.78 is 5.07. The molecule has 0 saturated heterocycles. The number of carbonyl (C=O) groups is 4. The van der Waals surface area contributed by atoms with Gasteiger partial charge in [0.1, 0.15) is 0 Å². The van der Waals surface area contributed by atoms with Crippen LogP contribution in [0, 0.1) is 5.92 Å². The molecule has 30 heavy (non-hydrogen) atoms. The summed E-state index contributed by atoms with van der Waals surface area (Å²) in [5.41, 5.74) is 1.37. The lowest BCUT2D eigenvalue weighted by Crippen LogP contribution is -2.37. The van der Waals surface area contributed by atoms with Crippen LogP contribution in [0.3, 0.4) is 0 Å². The molecule has 154 valence electrons. The summed E-state index contributed by atoms with van der Waals surface area (Å²) in [7, 11) is 0. The van der Waals surface area contributed by atoms with Crippen LogP contribution in [0.25, 0.3) is 0 Å². The Morgan fingerprint density at radius 2 is 1.77 bits per heavy atom. The quantitative estimate of drug-likeness (QED) is 0.564. The van der Waals surface area contributed by atoms with E-state index in [1.54, 1.807) is 0 Å². The zero-order valence-corrected chi connectivity index (χ0v) is 16.6. The van der Waals surface area contributed by atoms with Crippen LogP contribution in [-0.4, -0.2) is 41.2 Å². The van der Waals surface area contributed by atoms with Crippen molar-refractivity contribution in [2.24, 2.45) is 5.92 Å². The number of hydrogen-bond acceptors (Lipinski definition) is 5. The summed E-state index contributed by atoms with van der Waals surface area (Å²) in [5, 5.41) is 2.81. The van der Waals surface area contributed by atoms with Crippen LogP contribution in [0.2, 0.25) is 0 Å². The molecule has 0 spiro atoms. The Morgan fingerprint density at radius 3 is 2.47 bits per heavy atom. The third-order valence-corrected chi connectivity index (χ3v) is 5.44. The van der Waals surface area contributed by atoms with E-state index in [4.69, 9.17) is 4.74 Å². The van der Waals surface area contributed by atoms with Gasteiger partial charge >= 0.3 is 5.97 Å². The zero-order chi connectivity index (χ0) is 21.3. The van der Waals surface area contributed by atoms with E-state index in [2.05, 4.69) is 5.32 Å². The molecule has 7 nitrogen and oxygen atoms in total. The van der Waals surface area contributed by atoms with Crippen molar-refractivity contribution in [2.75, 3.05) is 6.61 Å². The van der Waals surface area contributed by atoms with Gasteiger partial charge in [0.2, 0.25) is 0 Å². The van der Waals surface area contributed by atoms with Crippen LogP contribution in [0.15, 0.2) is 48.5 Å². The summed E-state index contributed by atoms with van der Waals surface area (Å²) in [6.45, 7) is 1.70. The predicted molar refractivity (Wildman–Crippen MR) is 108 cm³/mol. The van der Waals surface area contributed by atoms with E-state index in [0.29, 0.717) is 5.92 Å². The predicted octanol–water partition coefficient (Wildman–Crippen LogP) is 2.55. The van der Waals surface area contributed by atoms with Gasteiger partial charge in [-0.3, -0.25) is 19.3 Å². The van der Waals surface area contributed by atoms with Crippen molar-refractivity contribution in [1.82, 2.24) is 10.2 Å². The number of esters is 1. The number of nitrogens with one attached hydrogen (secondary N) is 1. The molecule has 1 N–H and O–H groups in total. The van der Waals surface area contributed by atoms with Gasteiger partial charge in [-0.15, -0.1) is 0 Å². The fourth-order valence-corrected chi connectivity index (χ4v) is 3.55. The van der Waals surface area contributed by atoms with Crippen LogP contribution < -0.4 is 5.32 Å². The molecule has 1 saturated carbocycles. The summed E-state index contributed by atoms with van der Waals surface area (Å²) >= 11 is 0. The standard InChI is InChI=1S/C23H22N2O5/c1-14(16-7-8-16)24-20(26)13-30-23(29)17-9-10-18-19(11-17)22(28)25(21(18)27)12-15-5-3-2-4-6-15/h2-6,9-11,14,16H,7-8,12-13H2,1H3,(H,24,26)/t14-/m0/s1. The first-order chi connectivity index (χ1) is 14.4. The number of nitrogens with zero attached hydrogens (tertiary/aromatic N) is 1. The number of fused-ring (bicyclic) bond motifs is 1. The van der Waals surface area contributed by atoms with E-state index in [1.807, 2.05) is 37.3 Å². The Labute approximate surface area is 174 Å². The number of imide groups is 1. The Bertz CT molecular complexity index is 1010. The van der Waals surface area contributed by atoms with Gasteiger partial charge in [-0.1, -0.05) is 30.3 Å². The van der Waals surface area contributed by atoms with Crippen LogP contribution in [0.4, 0.5) is 0 Å². The third kappa shape index (κ3) is 4.10. The lowest BCUT2D eigenvalue weighted by atomic mass is 10.1. The van der Waals surface area contributed by atoms with Crippen molar-refractivity contribution in [2.45, 2.75) is 32.4 Å².